The summed E-state index contributed by atoms with van der Waals surface area (Å²) in [6.07, 6.45) is 4.13. The van der Waals surface area contributed by atoms with Crippen molar-refractivity contribution in [2.24, 2.45) is 5.92 Å². The number of aryl methyl sites for hydroxylation is 1. The van der Waals surface area contributed by atoms with Gasteiger partial charge in [0.05, 0.1) is 0 Å². The molecule has 1 saturated carbocycles. The largest absolute Gasteiger partial charge is 0.0625 e. The predicted molar refractivity (Wildman–Crippen MR) is 94.5 cm³/mol. The van der Waals surface area contributed by atoms with Gasteiger partial charge in [0.2, 0.25) is 0 Å². The SMILES string of the molecule is Cc1ccc2c(c1)C(C)(C)c1cc(C3CC[C@@H](C)C3)ccc1-2. The van der Waals surface area contributed by atoms with E-state index >= 15 is 0 Å². The van der Waals surface area contributed by atoms with E-state index in [1.807, 2.05) is 0 Å². The van der Waals surface area contributed by atoms with Gasteiger partial charge in [0, 0.05) is 5.41 Å². The summed E-state index contributed by atoms with van der Waals surface area (Å²) in [5, 5.41) is 0. The fourth-order valence-electron chi connectivity index (χ4n) is 4.63. The van der Waals surface area contributed by atoms with Crippen molar-refractivity contribution in [2.45, 2.75) is 58.3 Å². The van der Waals surface area contributed by atoms with Crippen LogP contribution in [0.4, 0.5) is 0 Å². The first kappa shape index (κ1) is 14.1. The van der Waals surface area contributed by atoms with Crippen LogP contribution in [-0.2, 0) is 5.41 Å². The van der Waals surface area contributed by atoms with E-state index in [9.17, 15) is 0 Å². The Kier molecular flexibility index (Phi) is 3.01. The first-order chi connectivity index (χ1) is 10.5. The molecule has 0 aromatic heterocycles. The third-order valence-electron chi connectivity index (χ3n) is 6.02. The molecule has 0 bridgehead atoms. The van der Waals surface area contributed by atoms with Crippen molar-refractivity contribution in [2.75, 3.05) is 0 Å². The quantitative estimate of drug-likeness (QED) is 0.586. The second-order valence-electron chi connectivity index (χ2n) is 8.09. The molecule has 2 aliphatic rings. The summed E-state index contributed by atoms with van der Waals surface area (Å²) in [7, 11) is 0. The summed E-state index contributed by atoms with van der Waals surface area (Å²) in [5.41, 5.74) is 9.00. The molecule has 2 aromatic rings. The highest BCUT2D eigenvalue weighted by atomic mass is 14.4. The Labute approximate surface area is 134 Å². The van der Waals surface area contributed by atoms with E-state index in [2.05, 4.69) is 64.1 Å². The van der Waals surface area contributed by atoms with Crippen LogP contribution >= 0.6 is 0 Å². The van der Waals surface area contributed by atoms with Gasteiger partial charge in [0.25, 0.3) is 0 Å². The van der Waals surface area contributed by atoms with Crippen molar-refractivity contribution in [1.29, 1.82) is 0 Å². The maximum atomic E-state index is 2.52. The van der Waals surface area contributed by atoms with Gasteiger partial charge in [-0.05, 0) is 59.4 Å². The second-order valence-corrected chi connectivity index (χ2v) is 8.09. The maximum absolute atomic E-state index is 2.52. The molecule has 0 heterocycles. The number of benzene rings is 2. The molecule has 0 spiro atoms. The normalized spacial score (nSPS) is 25.1. The lowest BCUT2D eigenvalue weighted by Gasteiger charge is -2.23. The zero-order chi connectivity index (χ0) is 15.5. The minimum Gasteiger partial charge on any atom is -0.0625 e. The molecule has 0 saturated heterocycles. The Balaban J connectivity index is 1.82. The first-order valence-corrected chi connectivity index (χ1v) is 8.73. The lowest BCUT2D eigenvalue weighted by molar-refractivity contribution is 0.595. The molecule has 0 aliphatic heterocycles. The van der Waals surface area contributed by atoms with Crippen molar-refractivity contribution >= 4 is 0 Å². The molecule has 0 heteroatoms. The second kappa shape index (κ2) is 4.72. The molecule has 22 heavy (non-hydrogen) atoms. The zero-order valence-corrected chi connectivity index (χ0v) is 14.2. The van der Waals surface area contributed by atoms with Crippen molar-refractivity contribution in [3.63, 3.8) is 0 Å². The highest BCUT2D eigenvalue weighted by Gasteiger charge is 2.36. The van der Waals surface area contributed by atoms with E-state index < -0.39 is 0 Å². The first-order valence-electron chi connectivity index (χ1n) is 8.73. The van der Waals surface area contributed by atoms with E-state index in [4.69, 9.17) is 0 Å². The van der Waals surface area contributed by atoms with Crippen molar-refractivity contribution in [3.05, 3.63) is 58.7 Å². The molecule has 2 aromatic carbocycles. The van der Waals surface area contributed by atoms with Crippen LogP contribution in [0.1, 0.15) is 68.2 Å². The third-order valence-corrected chi connectivity index (χ3v) is 6.02. The van der Waals surface area contributed by atoms with E-state index in [-0.39, 0.29) is 5.41 Å². The zero-order valence-electron chi connectivity index (χ0n) is 14.2. The highest BCUT2D eigenvalue weighted by Crippen LogP contribution is 2.50. The summed E-state index contributed by atoms with van der Waals surface area (Å²) in [6.45, 7) is 9.37. The molecular formula is C22H26. The van der Waals surface area contributed by atoms with Gasteiger partial charge in [-0.2, -0.15) is 0 Å². The van der Waals surface area contributed by atoms with Crippen LogP contribution < -0.4 is 0 Å². The average Bonchev–Trinajstić information content (AvgIpc) is 3.01. The van der Waals surface area contributed by atoms with Gasteiger partial charge in [-0.3, -0.25) is 0 Å². The number of fused-ring (bicyclic) bond motifs is 3. The van der Waals surface area contributed by atoms with Crippen molar-refractivity contribution in [3.8, 4) is 11.1 Å². The lowest BCUT2D eigenvalue weighted by atomic mass is 9.80. The van der Waals surface area contributed by atoms with Gasteiger partial charge in [0.1, 0.15) is 0 Å². The maximum Gasteiger partial charge on any atom is 0.0159 e. The molecule has 1 fully saturated rings. The van der Waals surface area contributed by atoms with Crippen LogP contribution in [0.3, 0.4) is 0 Å². The topological polar surface area (TPSA) is 0 Å². The fraction of sp³-hybridized carbons (Fsp3) is 0.455. The molecule has 0 nitrogen and oxygen atoms in total. The molecule has 0 N–H and O–H groups in total. The molecule has 0 amide bonds. The Morgan fingerprint density at radius 1 is 0.909 bits per heavy atom. The van der Waals surface area contributed by atoms with Gasteiger partial charge in [0.15, 0.2) is 0 Å². The van der Waals surface area contributed by atoms with E-state index in [1.54, 1.807) is 5.56 Å². The Bertz CT molecular complexity index is 736. The van der Waals surface area contributed by atoms with Crippen LogP contribution in [0, 0.1) is 12.8 Å². The standard InChI is InChI=1S/C22H26/c1-14-5-7-16(11-14)17-8-10-19-18-9-6-15(2)12-20(18)22(3,4)21(19)13-17/h6,8-10,12-14,16H,5,7,11H2,1-4H3/t14-,16?/m1/s1. The molecule has 2 atom stereocenters. The number of rotatable bonds is 1. The van der Waals surface area contributed by atoms with Crippen molar-refractivity contribution < 1.29 is 0 Å². The van der Waals surface area contributed by atoms with Crippen LogP contribution in [0.5, 0.6) is 0 Å². The summed E-state index contributed by atoms with van der Waals surface area (Å²) in [6, 6.07) is 14.2. The Morgan fingerprint density at radius 3 is 2.27 bits per heavy atom. The highest BCUT2D eigenvalue weighted by molar-refractivity contribution is 5.81. The summed E-state index contributed by atoms with van der Waals surface area (Å²) in [4.78, 5) is 0. The molecule has 0 radical (unpaired) electrons. The summed E-state index contributed by atoms with van der Waals surface area (Å²) in [5.74, 6) is 1.67. The van der Waals surface area contributed by atoms with Crippen LogP contribution in [0.2, 0.25) is 0 Å². The Morgan fingerprint density at radius 2 is 1.59 bits per heavy atom. The molecule has 4 rings (SSSR count). The van der Waals surface area contributed by atoms with Crippen LogP contribution in [0.25, 0.3) is 11.1 Å². The fourth-order valence-corrected chi connectivity index (χ4v) is 4.63. The van der Waals surface area contributed by atoms with Gasteiger partial charge in [-0.1, -0.05) is 69.2 Å². The molecule has 1 unspecified atom stereocenters. The van der Waals surface area contributed by atoms with E-state index in [0.29, 0.717) is 0 Å². The molecule has 114 valence electrons. The third kappa shape index (κ3) is 1.96. The average molecular weight is 290 g/mol. The van der Waals surface area contributed by atoms with Gasteiger partial charge in [-0.15, -0.1) is 0 Å². The number of hydrogen-bond donors (Lipinski definition) is 0. The Hall–Kier alpha value is -1.56. The van der Waals surface area contributed by atoms with Gasteiger partial charge < -0.3 is 0 Å². The molecule has 2 aliphatic carbocycles. The summed E-state index contributed by atoms with van der Waals surface area (Å²) >= 11 is 0. The number of hydrogen-bond acceptors (Lipinski definition) is 0. The minimum atomic E-state index is 0.136. The minimum absolute atomic E-state index is 0.136. The summed E-state index contributed by atoms with van der Waals surface area (Å²) < 4.78 is 0. The monoisotopic (exact) mass is 290 g/mol. The smallest absolute Gasteiger partial charge is 0.0159 e. The predicted octanol–water partition coefficient (Wildman–Crippen LogP) is 6.20. The van der Waals surface area contributed by atoms with E-state index in [0.717, 1.165) is 11.8 Å². The van der Waals surface area contributed by atoms with Crippen molar-refractivity contribution in [1.82, 2.24) is 0 Å². The molecular weight excluding hydrogens is 264 g/mol. The van der Waals surface area contributed by atoms with Crippen LogP contribution in [-0.4, -0.2) is 0 Å². The van der Waals surface area contributed by atoms with Crippen LogP contribution in [0.15, 0.2) is 36.4 Å². The lowest BCUT2D eigenvalue weighted by Crippen LogP contribution is -2.15. The van der Waals surface area contributed by atoms with Gasteiger partial charge >= 0.3 is 0 Å². The van der Waals surface area contributed by atoms with E-state index in [1.165, 1.54) is 47.1 Å². The van der Waals surface area contributed by atoms with Gasteiger partial charge in [-0.25, -0.2) is 0 Å².